The van der Waals surface area contributed by atoms with E-state index in [1.165, 1.54) is 43.4 Å². The number of ether oxygens (including phenoxy) is 1. The first kappa shape index (κ1) is 17.8. The van der Waals surface area contributed by atoms with Crippen LogP contribution in [-0.4, -0.2) is 41.1 Å². The Hall–Kier alpha value is -2.06. The highest BCUT2D eigenvalue weighted by Gasteiger charge is 2.11. The lowest BCUT2D eigenvalue weighted by atomic mass is 10.1. The molecule has 25 heavy (non-hydrogen) atoms. The number of H-pyrrole nitrogens is 1. The van der Waals surface area contributed by atoms with Gasteiger partial charge in [-0.05, 0) is 38.4 Å². The van der Waals surface area contributed by atoms with Gasteiger partial charge in [0.25, 0.3) is 5.56 Å². The normalized spacial score (nSPS) is 15.2. The number of aromatic amines is 1. The lowest BCUT2D eigenvalue weighted by Crippen LogP contribution is -2.28. The monoisotopic (exact) mass is 363 g/mol. The number of rotatable bonds is 8. The topological polar surface area (TPSA) is 96.3 Å². The van der Waals surface area contributed by atoms with E-state index in [4.69, 9.17) is 10.5 Å². The van der Waals surface area contributed by atoms with Gasteiger partial charge in [0.05, 0.1) is 12.8 Å². The molecule has 0 saturated carbocycles. The summed E-state index contributed by atoms with van der Waals surface area (Å²) in [5.41, 5.74) is 5.23. The Morgan fingerprint density at radius 1 is 1.36 bits per heavy atom. The number of aromatic nitrogens is 2. The van der Waals surface area contributed by atoms with E-state index in [1.54, 1.807) is 11.3 Å². The minimum atomic E-state index is -0.326. The third-order valence-electron chi connectivity index (χ3n) is 4.17. The van der Waals surface area contributed by atoms with Crippen LogP contribution in [0.1, 0.15) is 30.6 Å². The molecule has 1 saturated heterocycles. The maximum atomic E-state index is 11.4. The summed E-state index contributed by atoms with van der Waals surface area (Å²) in [4.78, 5) is 21.8. The number of anilines is 2. The predicted octanol–water partition coefficient (Wildman–Crippen LogP) is 2.28. The van der Waals surface area contributed by atoms with Gasteiger partial charge < -0.3 is 15.8 Å². The van der Waals surface area contributed by atoms with Crippen LogP contribution in [0, 0.1) is 0 Å². The van der Waals surface area contributed by atoms with Crippen LogP contribution in [-0.2, 0) is 6.54 Å². The average molecular weight is 363 g/mol. The third kappa shape index (κ3) is 5.47. The molecule has 0 bridgehead atoms. The van der Waals surface area contributed by atoms with E-state index in [1.807, 2.05) is 0 Å². The number of nitrogens with two attached hydrogens (primary N) is 1. The lowest BCUT2D eigenvalue weighted by Gasteiger charge is -2.25. The van der Waals surface area contributed by atoms with Crippen molar-refractivity contribution in [3.05, 3.63) is 32.9 Å². The SMILES string of the molecule is Nc1cnc(NCCCOc2csc(CN3CCCCC3)c2)[nH]c1=O. The lowest BCUT2D eigenvalue weighted by molar-refractivity contribution is 0.222. The van der Waals surface area contributed by atoms with Gasteiger partial charge in [-0.15, -0.1) is 11.3 Å². The highest BCUT2D eigenvalue weighted by Crippen LogP contribution is 2.24. The van der Waals surface area contributed by atoms with E-state index in [-0.39, 0.29) is 11.2 Å². The number of hydrogen-bond donors (Lipinski definition) is 3. The first-order chi connectivity index (χ1) is 12.2. The minimum absolute atomic E-state index is 0.117. The second-order valence-electron chi connectivity index (χ2n) is 6.23. The van der Waals surface area contributed by atoms with Gasteiger partial charge in [-0.3, -0.25) is 14.7 Å². The fraction of sp³-hybridized carbons (Fsp3) is 0.529. The molecule has 0 aromatic carbocycles. The molecule has 0 radical (unpaired) electrons. The molecule has 0 spiro atoms. The molecule has 8 heteroatoms. The molecule has 2 aromatic rings. The summed E-state index contributed by atoms with van der Waals surface area (Å²) >= 11 is 1.76. The predicted molar refractivity (Wildman–Crippen MR) is 101 cm³/mol. The Morgan fingerprint density at radius 2 is 2.20 bits per heavy atom. The fourth-order valence-electron chi connectivity index (χ4n) is 2.82. The number of likely N-dealkylation sites (tertiary alicyclic amines) is 1. The van der Waals surface area contributed by atoms with Gasteiger partial charge >= 0.3 is 0 Å². The zero-order chi connectivity index (χ0) is 17.5. The van der Waals surface area contributed by atoms with Crippen molar-refractivity contribution in [2.45, 2.75) is 32.2 Å². The molecule has 3 heterocycles. The second kappa shape index (κ2) is 8.87. The van der Waals surface area contributed by atoms with Crippen molar-refractivity contribution in [1.82, 2.24) is 14.9 Å². The van der Waals surface area contributed by atoms with Crippen LogP contribution in [0.2, 0.25) is 0 Å². The summed E-state index contributed by atoms with van der Waals surface area (Å²) in [7, 11) is 0. The van der Waals surface area contributed by atoms with Crippen LogP contribution < -0.4 is 21.3 Å². The maximum absolute atomic E-state index is 11.4. The van der Waals surface area contributed by atoms with E-state index in [0.717, 1.165) is 18.7 Å². The Kier molecular flexibility index (Phi) is 6.30. The molecule has 1 fully saturated rings. The third-order valence-corrected chi connectivity index (χ3v) is 5.07. The van der Waals surface area contributed by atoms with Crippen LogP contribution >= 0.6 is 11.3 Å². The Labute approximate surface area is 151 Å². The summed E-state index contributed by atoms with van der Waals surface area (Å²) in [5, 5.41) is 5.13. The summed E-state index contributed by atoms with van der Waals surface area (Å²) in [6.07, 6.45) is 6.16. The Bertz CT molecular complexity index is 724. The minimum Gasteiger partial charge on any atom is -0.493 e. The van der Waals surface area contributed by atoms with Crippen molar-refractivity contribution in [1.29, 1.82) is 0 Å². The smallest absolute Gasteiger partial charge is 0.275 e. The number of hydrogen-bond acceptors (Lipinski definition) is 7. The van der Waals surface area contributed by atoms with Crippen molar-refractivity contribution in [3.63, 3.8) is 0 Å². The summed E-state index contributed by atoms with van der Waals surface area (Å²) < 4.78 is 5.80. The van der Waals surface area contributed by atoms with Gasteiger partial charge in [-0.2, -0.15) is 0 Å². The molecule has 0 amide bonds. The molecular weight excluding hydrogens is 338 g/mol. The standard InChI is InChI=1S/C17H25N5O2S/c18-15-10-20-17(21-16(15)23)19-5-4-8-24-13-9-14(25-12-13)11-22-6-2-1-3-7-22/h9-10,12H,1-8,11,18H2,(H2,19,20,21,23). The zero-order valence-electron chi connectivity index (χ0n) is 14.3. The van der Waals surface area contributed by atoms with Gasteiger partial charge in [0.2, 0.25) is 5.95 Å². The molecule has 1 aliphatic heterocycles. The Morgan fingerprint density at radius 3 is 3.00 bits per heavy atom. The molecular formula is C17H25N5O2S. The fourth-order valence-corrected chi connectivity index (χ4v) is 3.67. The van der Waals surface area contributed by atoms with Crippen molar-refractivity contribution < 1.29 is 4.74 Å². The van der Waals surface area contributed by atoms with E-state index in [0.29, 0.717) is 19.1 Å². The van der Waals surface area contributed by atoms with Crippen LogP contribution in [0.4, 0.5) is 11.6 Å². The van der Waals surface area contributed by atoms with Crippen LogP contribution in [0.25, 0.3) is 0 Å². The largest absolute Gasteiger partial charge is 0.493 e. The van der Waals surface area contributed by atoms with Gasteiger partial charge in [0.15, 0.2) is 0 Å². The molecule has 3 rings (SSSR count). The van der Waals surface area contributed by atoms with Crippen molar-refractivity contribution in [2.75, 3.05) is 37.3 Å². The van der Waals surface area contributed by atoms with Crippen LogP contribution in [0.3, 0.4) is 0 Å². The zero-order valence-corrected chi connectivity index (χ0v) is 15.1. The van der Waals surface area contributed by atoms with Crippen molar-refractivity contribution >= 4 is 23.0 Å². The van der Waals surface area contributed by atoms with Gasteiger partial charge in [0.1, 0.15) is 11.4 Å². The Balaban J connectivity index is 1.34. The maximum Gasteiger partial charge on any atom is 0.275 e. The number of nitrogens with zero attached hydrogens (tertiary/aromatic N) is 2. The molecule has 1 aliphatic rings. The number of nitrogens with one attached hydrogen (secondary N) is 2. The first-order valence-corrected chi connectivity index (χ1v) is 9.60. The molecule has 0 unspecified atom stereocenters. The molecule has 0 aliphatic carbocycles. The highest BCUT2D eigenvalue weighted by molar-refractivity contribution is 7.10. The molecule has 136 valence electrons. The van der Waals surface area contributed by atoms with Crippen molar-refractivity contribution in [3.8, 4) is 5.75 Å². The summed E-state index contributed by atoms with van der Waals surface area (Å²) in [5.74, 6) is 1.37. The number of nitrogen functional groups attached to an aromatic ring is 1. The molecule has 2 aromatic heterocycles. The number of piperidine rings is 1. The van der Waals surface area contributed by atoms with E-state index in [2.05, 4.69) is 31.6 Å². The molecule has 7 nitrogen and oxygen atoms in total. The second-order valence-corrected chi connectivity index (χ2v) is 7.23. The van der Waals surface area contributed by atoms with E-state index >= 15 is 0 Å². The van der Waals surface area contributed by atoms with Gasteiger partial charge in [-0.1, -0.05) is 6.42 Å². The molecule has 0 atom stereocenters. The summed E-state index contributed by atoms with van der Waals surface area (Å²) in [6.45, 7) is 4.73. The first-order valence-electron chi connectivity index (χ1n) is 8.72. The van der Waals surface area contributed by atoms with Crippen molar-refractivity contribution in [2.24, 2.45) is 0 Å². The quantitative estimate of drug-likeness (QED) is 0.623. The van der Waals surface area contributed by atoms with E-state index < -0.39 is 0 Å². The van der Waals surface area contributed by atoms with Crippen LogP contribution in [0.5, 0.6) is 5.75 Å². The van der Waals surface area contributed by atoms with Crippen LogP contribution in [0.15, 0.2) is 22.4 Å². The van der Waals surface area contributed by atoms with E-state index in [9.17, 15) is 4.79 Å². The van der Waals surface area contributed by atoms with Gasteiger partial charge in [-0.25, -0.2) is 4.98 Å². The van der Waals surface area contributed by atoms with Gasteiger partial charge in [0, 0.05) is 23.3 Å². The summed E-state index contributed by atoms with van der Waals surface area (Å²) in [6, 6.07) is 2.14. The average Bonchev–Trinajstić information content (AvgIpc) is 3.06. The highest BCUT2D eigenvalue weighted by atomic mass is 32.1. The molecule has 4 N–H and O–H groups in total. The number of thiophene rings is 1.